The molecule has 29 heavy (non-hydrogen) atoms. The molecule has 0 fully saturated rings. The van der Waals surface area contributed by atoms with Gasteiger partial charge in [-0.1, -0.05) is 59.4 Å². The Morgan fingerprint density at radius 3 is 1.66 bits per heavy atom. The summed E-state index contributed by atoms with van der Waals surface area (Å²) in [6.07, 6.45) is 0. The van der Waals surface area contributed by atoms with E-state index in [1.165, 1.54) is 29.6 Å². The van der Waals surface area contributed by atoms with Crippen LogP contribution in [0, 0.1) is 0 Å². The van der Waals surface area contributed by atoms with Gasteiger partial charge in [-0.3, -0.25) is 9.59 Å². The summed E-state index contributed by atoms with van der Waals surface area (Å²) in [6, 6.07) is 19.2. The highest BCUT2D eigenvalue weighted by Gasteiger charge is 2.34. The second kappa shape index (κ2) is 7.99. The van der Waals surface area contributed by atoms with Gasteiger partial charge in [0.2, 0.25) is 11.6 Å². The molecule has 3 aromatic carbocycles. The van der Waals surface area contributed by atoms with Crippen LogP contribution in [0.1, 0.15) is 20.7 Å². The minimum atomic E-state index is -0.257. The third-order valence-electron chi connectivity index (χ3n) is 4.35. The van der Waals surface area contributed by atoms with Crippen LogP contribution >= 0.6 is 35.1 Å². The predicted octanol–water partition coefficient (Wildman–Crippen LogP) is 5.68. The Balaban J connectivity index is 1.87. The molecule has 144 valence electrons. The van der Waals surface area contributed by atoms with Gasteiger partial charge in [0.1, 0.15) is 0 Å². The van der Waals surface area contributed by atoms with Crippen molar-refractivity contribution >= 4 is 58.1 Å². The molecule has 3 aromatic rings. The summed E-state index contributed by atoms with van der Waals surface area (Å²) in [5, 5.41) is 0.400. The van der Waals surface area contributed by atoms with Crippen molar-refractivity contribution in [3.8, 4) is 0 Å². The number of ketones is 2. The lowest BCUT2D eigenvalue weighted by molar-refractivity contribution is 0.0988. The van der Waals surface area contributed by atoms with E-state index >= 15 is 0 Å². The van der Waals surface area contributed by atoms with Crippen LogP contribution in [-0.2, 0) is 0 Å². The number of anilines is 2. The average molecular weight is 439 g/mol. The number of nitrogens with two attached hydrogens (primary N) is 2. The standard InChI is InChI=1S/C22H15ClN2O2S2/c23-12-9-10-13-14(11-12)20(27)22(29-18-8-4-2-6-16(18)25)21(19(13)26)28-17-7-3-1-5-15(17)24/h1-11H,24-25H2. The molecule has 4 N–H and O–H groups in total. The number of hydrogen-bond donors (Lipinski definition) is 2. The van der Waals surface area contributed by atoms with Gasteiger partial charge in [-0.05, 0) is 42.5 Å². The monoisotopic (exact) mass is 438 g/mol. The molecule has 1 aliphatic rings. The molecule has 0 bridgehead atoms. The van der Waals surface area contributed by atoms with E-state index in [9.17, 15) is 9.59 Å². The Morgan fingerprint density at radius 1 is 0.655 bits per heavy atom. The number of para-hydroxylation sites is 2. The first-order valence-electron chi connectivity index (χ1n) is 8.63. The predicted molar refractivity (Wildman–Crippen MR) is 121 cm³/mol. The van der Waals surface area contributed by atoms with Crippen molar-refractivity contribution in [2.45, 2.75) is 9.79 Å². The first-order valence-corrected chi connectivity index (χ1v) is 10.6. The first-order chi connectivity index (χ1) is 14.0. The minimum Gasteiger partial charge on any atom is -0.398 e. The van der Waals surface area contributed by atoms with Crippen molar-refractivity contribution in [2.24, 2.45) is 0 Å². The van der Waals surface area contributed by atoms with Gasteiger partial charge < -0.3 is 11.5 Å². The Morgan fingerprint density at radius 2 is 1.14 bits per heavy atom. The van der Waals surface area contributed by atoms with Crippen molar-refractivity contribution in [3.63, 3.8) is 0 Å². The van der Waals surface area contributed by atoms with Crippen molar-refractivity contribution < 1.29 is 9.59 Å². The Labute approximate surface area is 181 Å². The number of halogens is 1. The second-order valence-electron chi connectivity index (χ2n) is 6.29. The highest BCUT2D eigenvalue weighted by molar-refractivity contribution is 8.08. The molecule has 0 aromatic heterocycles. The molecule has 1 aliphatic carbocycles. The maximum absolute atomic E-state index is 13.3. The summed E-state index contributed by atoms with van der Waals surface area (Å²) in [6.45, 7) is 0. The molecule has 0 unspecified atom stereocenters. The van der Waals surface area contributed by atoms with E-state index in [4.69, 9.17) is 23.1 Å². The van der Waals surface area contributed by atoms with Crippen LogP contribution in [-0.4, -0.2) is 11.6 Å². The SMILES string of the molecule is Nc1ccccc1SC1=C(Sc2ccccc2N)C(=O)c2cc(Cl)ccc2C1=O. The topological polar surface area (TPSA) is 86.2 Å². The molecule has 0 heterocycles. The zero-order valence-corrected chi connectivity index (χ0v) is 17.4. The Kier molecular flexibility index (Phi) is 5.41. The molecule has 0 atom stereocenters. The quantitative estimate of drug-likeness (QED) is 0.509. The summed E-state index contributed by atoms with van der Waals surface area (Å²) in [4.78, 5) is 28.7. The van der Waals surface area contributed by atoms with E-state index in [-0.39, 0.29) is 11.6 Å². The molecule has 4 nitrogen and oxygen atoms in total. The van der Waals surface area contributed by atoms with Gasteiger partial charge in [0.25, 0.3) is 0 Å². The van der Waals surface area contributed by atoms with Crippen LogP contribution in [0.2, 0.25) is 5.02 Å². The molecular weight excluding hydrogens is 424 g/mol. The van der Waals surface area contributed by atoms with Crippen LogP contribution in [0.25, 0.3) is 0 Å². The van der Waals surface area contributed by atoms with Gasteiger partial charge in [-0.15, -0.1) is 0 Å². The molecule has 0 saturated heterocycles. The van der Waals surface area contributed by atoms with Gasteiger partial charge in [-0.25, -0.2) is 0 Å². The number of benzene rings is 3. The molecule has 0 amide bonds. The summed E-state index contributed by atoms with van der Waals surface area (Å²) in [5.41, 5.74) is 13.8. The van der Waals surface area contributed by atoms with Crippen molar-refractivity contribution in [1.82, 2.24) is 0 Å². The van der Waals surface area contributed by atoms with E-state index in [2.05, 4.69) is 0 Å². The smallest absolute Gasteiger partial charge is 0.201 e. The highest BCUT2D eigenvalue weighted by atomic mass is 35.5. The van der Waals surface area contributed by atoms with E-state index in [0.29, 0.717) is 47.1 Å². The van der Waals surface area contributed by atoms with Crippen LogP contribution in [0.15, 0.2) is 86.3 Å². The van der Waals surface area contributed by atoms with Crippen LogP contribution in [0.5, 0.6) is 0 Å². The highest BCUT2D eigenvalue weighted by Crippen LogP contribution is 2.45. The van der Waals surface area contributed by atoms with Crippen molar-refractivity contribution in [1.29, 1.82) is 0 Å². The average Bonchev–Trinajstić information content (AvgIpc) is 2.71. The fraction of sp³-hybridized carbons (Fsp3) is 0. The number of nitrogen functional groups attached to an aromatic ring is 2. The lowest BCUT2D eigenvalue weighted by atomic mass is 9.94. The number of thioether (sulfide) groups is 2. The number of hydrogen-bond acceptors (Lipinski definition) is 6. The van der Waals surface area contributed by atoms with Gasteiger partial charge in [0, 0.05) is 37.3 Å². The fourth-order valence-electron chi connectivity index (χ4n) is 2.91. The Hall–Kier alpha value is -2.67. The molecule has 0 spiro atoms. The van der Waals surface area contributed by atoms with Gasteiger partial charge in [-0.2, -0.15) is 0 Å². The van der Waals surface area contributed by atoms with E-state index < -0.39 is 0 Å². The largest absolute Gasteiger partial charge is 0.398 e. The number of carbonyl (C=O) groups is 2. The van der Waals surface area contributed by atoms with Crippen LogP contribution < -0.4 is 11.5 Å². The molecule has 0 saturated carbocycles. The second-order valence-corrected chi connectivity index (χ2v) is 8.83. The van der Waals surface area contributed by atoms with Gasteiger partial charge in [0.05, 0.1) is 9.81 Å². The van der Waals surface area contributed by atoms with Gasteiger partial charge >= 0.3 is 0 Å². The molecule has 0 radical (unpaired) electrons. The number of rotatable bonds is 4. The van der Waals surface area contributed by atoms with E-state index in [1.54, 1.807) is 24.3 Å². The third kappa shape index (κ3) is 3.79. The summed E-state index contributed by atoms with van der Waals surface area (Å²) in [7, 11) is 0. The number of carbonyl (C=O) groups excluding carboxylic acids is 2. The normalized spacial score (nSPS) is 13.6. The van der Waals surface area contributed by atoms with Gasteiger partial charge in [0.15, 0.2) is 0 Å². The van der Waals surface area contributed by atoms with Crippen LogP contribution in [0.4, 0.5) is 11.4 Å². The molecule has 4 rings (SSSR count). The van der Waals surface area contributed by atoms with Crippen molar-refractivity contribution in [2.75, 3.05) is 11.5 Å². The molecular formula is C22H15ClN2O2S2. The number of allylic oxidation sites excluding steroid dienone is 2. The zero-order valence-electron chi connectivity index (χ0n) is 15.0. The molecule has 7 heteroatoms. The fourth-order valence-corrected chi connectivity index (χ4v) is 5.21. The van der Waals surface area contributed by atoms with Crippen molar-refractivity contribution in [3.05, 3.63) is 92.7 Å². The first kappa shape index (κ1) is 19.6. The number of fused-ring (bicyclic) bond motifs is 1. The minimum absolute atomic E-state index is 0.235. The summed E-state index contributed by atoms with van der Waals surface area (Å²) < 4.78 is 0. The maximum atomic E-state index is 13.3. The summed E-state index contributed by atoms with van der Waals surface area (Å²) >= 11 is 8.46. The lowest BCUT2D eigenvalue weighted by Gasteiger charge is -2.21. The third-order valence-corrected chi connectivity index (χ3v) is 7.09. The summed E-state index contributed by atoms with van der Waals surface area (Å²) in [5.74, 6) is -0.492. The zero-order chi connectivity index (χ0) is 20.5. The van der Waals surface area contributed by atoms with E-state index in [0.717, 1.165) is 0 Å². The van der Waals surface area contributed by atoms with E-state index in [1.807, 2.05) is 36.4 Å². The number of Topliss-reactive ketones (excluding diaryl/α,β-unsaturated/α-hetero) is 2. The Bertz CT molecular complexity index is 1190. The molecule has 0 aliphatic heterocycles. The maximum Gasteiger partial charge on any atom is 0.201 e. The van der Waals surface area contributed by atoms with Crippen LogP contribution in [0.3, 0.4) is 0 Å². The lowest BCUT2D eigenvalue weighted by Crippen LogP contribution is -2.19.